The second kappa shape index (κ2) is 9.38. The molecule has 4 rings (SSSR count). The molecule has 9 heteroatoms. The number of nitrogens with one attached hydrogen (secondary N) is 2. The van der Waals surface area contributed by atoms with E-state index >= 15 is 0 Å². The predicted molar refractivity (Wildman–Crippen MR) is 117 cm³/mol. The van der Waals surface area contributed by atoms with Crippen LogP contribution in [-0.4, -0.2) is 65.7 Å². The number of para-hydroxylation sites is 1. The molecule has 0 saturated carbocycles. The minimum Gasteiger partial charge on any atom is -0.379 e. The molecule has 3 heterocycles. The number of ether oxygens (including phenoxy) is 1. The Kier molecular flexibility index (Phi) is 6.41. The summed E-state index contributed by atoms with van der Waals surface area (Å²) in [5, 5.41) is 5.63. The Morgan fingerprint density at radius 2 is 2.10 bits per heavy atom. The van der Waals surface area contributed by atoms with Gasteiger partial charge in [0.25, 0.3) is 5.56 Å². The van der Waals surface area contributed by atoms with Crippen LogP contribution < -0.4 is 10.9 Å². The molecule has 1 atom stereocenters. The van der Waals surface area contributed by atoms with E-state index < -0.39 is 0 Å². The normalized spacial score (nSPS) is 15.8. The Hall–Kier alpha value is -2.75. The molecule has 2 aromatic heterocycles. The molecule has 158 valence electrons. The van der Waals surface area contributed by atoms with Crippen molar-refractivity contribution in [3.63, 3.8) is 0 Å². The van der Waals surface area contributed by atoms with E-state index in [1.54, 1.807) is 36.6 Å². The van der Waals surface area contributed by atoms with Gasteiger partial charge in [-0.25, -0.2) is 9.78 Å². The van der Waals surface area contributed by atoms with E-state index in [9.17, 15) is 9.59 Å². The van der Waals surface area contributed by atoms with E-state index in [1.807, 2.05) is 12.1 Å². The monoisotopic (exact) mass is 427 g/mol. The highest BCUT2D eigenvalue weighted by Crippen LogP contribution is 2.25. The standard InChI is InChI=1S/C21H25N5O3S/c1-25(14-19-23-16-6-3-2-5-15(16)20(27)24-19)21(28)22-13-17(18-7-4-12-30-18)26-8-10-29-11-9-26/h2-7,12,17H,8-11,13-14H2,1H3,(H,22,28)(H,23,24,27)/t17-/m1/s1. The Labute approximate surface area is 178 Å². The molecular formula is C21H25N5O3S. The molecule has 3 aromatic rings. The van der Waals surface area contributed by atoms with Gasteiger partial charge in [0.15, 0.2) is 0 Å². The number of thiophene rings is 1. The zero-order valence-electron chi connectivity index (χ0n) is 16.8. The quantitative estimate of drug-likeness (QED) is 0.629. The van der Waals surface area contributed by atoms with Gasteiger partial charge in [0.05, 0.1) is 36.7 Å². The first kappa shape index (κ1) is 20.5. The van der Waals surface area contributed by atoms with Crippen molar-refractivity contribution in [2.24, 2.45) is 0 Å². The lowest BCUT2D eigenvalue weighted by atomic mass is 10.2. The van der Waals surface area contributed by atoms with Crippen LogP contribution in [-0.2, 0) is 11.3 Å². The summed E-state index contributed by atoms with van der Waals surface area (Å²) in [6, 6.07) is 11.2. The van der Waals surface area contributed by atoms with Gasteiger partial charge in [-0.15, -0.1) is 11.3 Å². The van der Waals surface area contributed by atoms with Crippen LogP contribution in [0.25, 0.3) is 10.9 Å². The molecule has 1 aliphatic rings. The highest BCUT2D eigenvalue weighted by molar-refractivity contribution is 7.10. The predicted octanol–water partition coefficient (Wildman–Crippen LogP) is 2.20. The number of aromatic nitrogens is 2. The van der Waals surface area contributed by atoms with Gasteiger partial charge >= 0.3 is 6.03 Å². The van der Waals surface area contributed by atoms with Gasteiger partial charge in [0.2, 0.25) is 0 Å². The molecule has 8 nitrogen and oxygen atoms in total. The van der Waals surface area contributed by atoms with Gasteiger partial charge < -0.3 is 19.9 Å². The van der Waals surface area contributed by atoms with Crippen molar-refractivity contribution in [1.82, 2.24) is 25.1 Å². The number of nitrogens with zero attached hydrogens (tertiary/aromatic N) is 3. The SMILES string of the molecule is CN(Cc1nc2ccccc2c(=O)[nH]1)C(=O)NC[C@H](c1cccs1)N1CCOCC1. The van der Waals surface area contributed by atoms with Crippen LogP contribution in [0.5, 0.6) is 0 Å². The summed E-state index contributed by atoms with van der Waals surface area (Å²) in [6.07, 6.45) is 0. The number of carbonyl (C=O) groups is 1. The van der Waals surface area contributed by atoms with Gasteiger partial charge in [0, 0.05) is 31.6 Å². The van der Waals surface area contributed by atoms with Crippen molar-refractivity contribution in [2.45, 2.75) is 12.6 Å². The summed E-state index contributed by atoms with van der Waals surface area (Å²) in [5.74, 6) is 0.458. The van der Waals surface area contributed by atoms with Crippen molar-refractivity contribution in [1.29, 1.82) is 0 Å². The second-order valence-corrected chi connectivity index (χ2v) is 8.23. The number of hydrogen-bond donors (Lipinski definition) is 2. The lowest BCUT2D eigenvalue weighted by Crippen LogP contribution is -2.45. The number of rotatable bonds is 6. The first-order chi connectivity index (χ1) is 14.6. The molecule has 0 aliphatic carbocycles. The van der Waals surface area contributed by atoms with Crippen LogP contribution in [0.3, 0.4) is 0 Å². The number of hydrogen-bond acceptors (Lipinski definition) is 6. The number of aromatic amines is 1. The number of carbonyl (C=O) groups excluding carboxylic acids is 1. The van der Waals surface area contributed by atoms with Gasteiger partial charge in [-0.1, -0.05) is 18.2 Å². The number of morpholine rings is 1. The average molecular weight is 428 g/mol. The molecule has 0 unspecified atom stereocenters. The lowest BCUT2D eigenvalue weighted by Gasteiger charge is -2.34. The number of benzene rings is 1. The Morgan fingerprint density at radius 3 is 2.87 bits per heavy atom. The molecule has 1 aromatic carbocycles. The largest absolute Gasteiger partial charge is 0.379 e. The average Bonchev–Trinajstić information content (AvgIpc) is 3.29. The van der Waals surface area contributed by atoms with Gasteiger partial charge in [-0.3, -0.25) is 9.69 Å². The number of amides is 2. The number of urea groups is 1. The highest BCUT2D eigenvalue weighted by Gasteiger charge is 2.24. The molecule has 30 heavy (non-hydrogen) atoms. The van der Waals surface area contributed by atoms with E-state index in [1.165, 1.54) is 9.78 Å². The fraction of sp³-hybridized carbons (Fsp3) is 0.381. The third-order valence-electron chi connectivity index (χ3n) is 5.20. The first-order valence-corrected chi connectivity index (χ1v) is 10.8. The first-order valence-electron chi connectivity index (χ1n) is 9.94. The van der Waals surface area contributed by atoms with Gasteiger partial charge in [0.1, 0.15) is 5.82 Å². The van der Waals surface area contributed by atoms with E-state index in [0.29, 0.717) is 36.5 Å². The highest BCUT2D eigenvalue weighted by atomic mass is 32.1. The summed E-state index contributed by atoms with van der Waals surface area (Å²) in [4.78, 5) is 37.3. The van der Waals surface area contributed by atoms with Crippen molar-refractivity contribution in [3.8, 4) is 0 Å². The van der Waals surface area contributed by atoms with E-state index in [-0.39, 0.29) is 24.2 Å². The van der Waals surface area contributed by atoms with E-state index in [4.69, 9.17) is 4.74 Å². The summed E-state index contributed by atoms with van der Waals surface area (Å²) in [6.45, 7) is 3.82. The van der Waals surface area contributed by atoms with Gasteiger partial charge in [-0.05, 0) is 23.6 Å². The molecule has 1 aliphatic heterocycles. The minimum atomic E-state index is -0.208. The third kappa shape index (κ3) is 4.69. The molecule has 2 amide bonds. The summed E-state index contributed by atoms with van der Waals surface area (Å²) < 4.78 is 5.47. The van der Waals surface area contributed by atoms with Crippen molar-refractivity contribution < 1.29 is 9.53 Å². The molecular weight excluding hydrogens is 402 g/mol. The smallest absolute Gasteiger partial charge is 0.317 e. The zero-order valence-corrected chi connectivity index (χ0v) is 17.7. The zero-order chi connectivity index (χ0) is 20.9. The molecule has 1 saturated heterocycles. The Bertz CT molecular complexity index is 1050. The number of H-pyrrole nitrogens is 1. The third-order valence-corrected chi connectivity index (χ3v) is 6.17. The van der Waals surface area contributed by atoms with Crippen LogP contribution in [0.2, 0.25) is 0 Å². The van der Waals surface area contributed by atoms with E-state index in [2.05, 4.69) is 31.6 Å². The molecule has 0 radical (unpaired) electrons. The maximum Gasteiger partial charge on any atom is 0.317 e. The molecule has 0 spiro atoms. The summed E-state index contributed by atoms with van der Waals surface area (Å²) >= 11 is 1.69. The Morgan fingerprint density at radius 1 is 1.30 bits per heavy atom. The van der Waals surface area contributed by atoms with Gasteiger partial charge in [-0.2, -0.15) is 0 Å². The number of fused-ring (bicyclic) bond motifs is 1. The van der Waals surface area contributed by atoms with Crippen LogP contribution in [0.15, 0.2) is 46.6 Å². The topological polar surface area (TPSA) is 90.6 Å². The Balaban J connectivity index is 1.40. The second-order valence-electron chi connectivity index (χ2n) is 7.25. The van der Waals surface area contributed by atoms with Crippen LogP contribution in [0, 0.1) is 0 Å². The minimum absolute atomic E-state index is 0.116. The van der Waals surface area contributed by atoms with Crippen molar-refractivity contribution in [3.05, 3.63) is 62.8 Å². The lowest BCUT2D eigenvalue weighted by molar-refractivity contribution is 0.0172. The summed E-state index contributed by atoms with van der Waals surface area (Å²) in [5.41, 5.74) is 0.421. The molecule has 0 bridgehead atoms. The van der Waals surface area contributed by atoms with Crippen LogP contribution in [0.4, 0.5) is 4.79 Å². The maximum atomic E-state index is 12.7. The fourth-order valence-corrected chi connectivity index (χ4v) is 4.47. The molecule has 1 fully saturated rings. The maximum absolute atomic E-state index is 12.7. The molecule has 2 N–H and O–H groups in total. The van der Waals surface area contributed by atoms with E-state index in [0.717, 1.165) is 13.1 Å². The summed E-state index contributed by atoms with van der Waals surface area (Å²) in [7, 11) is 1.69. The van der Waals surface area contributed by atoms with Crippen molar-refractivity contribution >= 4 is 28.3 Å². The van der Waals surface area contributed by atoms with Crippen LogP contribution >= 0.6 is 11.3 Å². The van der Waals surface area contributed by atoms with Crippen LogP contribution in [0.1, 0.15) is 16.7 Å². The fourth-order valence-electron chi connectivity index (χ4n) is 3.60. The van der Waals surface area contributed by atoms with Crippen molar-refractivity contribution in [2.75, 3.05) is 39.9 Å².